The first-order chi connectivity index (χ1) is 7.80. The summed E-state index contributed by atoms with van der Waals surface area (Å²) in [6.07, 6.45) is 0. The van der Waals surface area contributed by atoms with E-state index in [-0.39, 0.29) is 31.6 Å². The predicted molar refractivity (Wildman–Crippen MR) is 64.4 cm³/mol. The van der Waals surface area contributed by atoms with E-state index in [1.54, 1.807) is 4.90 Å². The van der Waals surface area contributed by atoms with Crippen LogP contribution in [0.15, 0.2) is 0 Å². The van der Waals surface area contributed by atoms with Crippen LogP contribution in [0.4, 0.5) is 0 Å². The zero-order chi connectivity index (χ0) is 13.1. The monoisotopic (exact) mass is 264 g/mol. The van der Waals surface area contributed by atoms with Crippen LogP contribution in [0.5, 0.6) is 0 Å². The minimum absolute atomic E-state index is 0.00670. The van der Waals surface area contributed by atoms with Crippen LogP contribution in [0.1, 0.15) is 13.8 Å². The summed E-state index contributed by atoms with van der Waals surface area (Å²) < 4.78 is 23.3. The molecule has 1 amide bonds. The van der Waals surface area contributed by atoms with Crippen molar-refractivity contribution in [3.05, 3.63) is 0 Å². The lowest BCUT2D eigenvalue weighted by molar-refractivity contribution is -0.131. The van der Waals surface area contributed by atoms with Gasteiger partial charge in [0.25, 0.3) is 10.2 Å². The number of rotatable bonds is 4. The highest BCUT2D eigenvalue weighted by Crippen LogP contribution is 2.04. The van der Waals surface area contributed by atoms with Gasteiger partial charge in [-0.15, -0.1) is 0 Å². The van der Waals surface area contributed by atoms with Crippen LogP contribution in [0.25, 0.3) is 0 Å². The molecule has 7 nitrogen and oxygen atoms in total. The molecule has 0 atom stereocenters. The lowest BCUT2D eigenvalue weighted by atomic mass is 10.3. The molecular formula is C9H20N4O3S. The molecule has 1 aliphatic rings. The molecule has 0 bridgehead atoms. The zero-order valence-corrected chi connectivity index (χ0v) is 11.0. The van der Waals surface area contributed by atoms with E-state index < -0.39 is 10.2 Å². The number of piperazine rings is 1. The van der Waals surface area contributed by atoms with Gasteiger partial charge in [-0.05, 0) is 0 Å². The van der Waals surface area contributed by atoms with Crippen LogP contribution in [0, 0.1) is 0 Å². The summed E-state index contributed by atoms with van der Waals surface area (Å²) in [5.74, 6) is -0.00670. The van der Waals surface area contributed by atoms with E-state index in [2.05, 4.69) is 5.32 Å². The Morgan fingerprint density at radius 3 is 2.24 bits per heavy atom. The van der Waals surface area contributed by atoms with E-state index in [4.69, 9.17) is 5.14 Å². The SMILES string of the molecule is CC(C)NCC(=O)N1CCN(S(N)(=O)=O)CC1. The minimum Gasteiger partial charge on any atom is -0.339 e. The second kappa shape index (κ2) is 5.76. The molecule has 0 aliphatic carbocycles. The van der Waals surface area contributed by atoms with Crippen molar-refractivity contribution >= 4 is 16.1 Å². The lowest BCUT2D eigenvalue weighted by Gasteiger charge is -2.33. The number of nitrogens with zero attached hydrogens (tertiary/aromatic N) is 2. The van der Waals surface area contributed by atoms with Gasteiger partial charge in [0, 0.05) is 32.2 Å². The molecule has 1 rings (SSSR count). The summed E-state index contributed by atoms with van der Waals surface area (Å²) >= 11 is 0. The first-order valence-electron chi connectivity index (χ1n) is 5.59. The molecule has 0 radical (unpaired) electrons. The fraction of sp³-hybridized carbons (Fsp3) is 0.889. The molecule has 17 heavy (non-hydrogen) atoms. The highest BCUT2D eigenvalue weighted by atomic mass is 32.2. The summed E-state index contributed by atoms with van der Waals surface area (Å²) in [6, 6.07) is 0.254. The molecule has 1 fully saturated rings. The average molecular weight is 264 g/mol. The summed E-state index contributed by atoms with van der Waals surface area (Å²) in [4.78, 5) is 13.4. The van der Waals surface area contributed by atoms with Crippen LogP contribution in [0.2, 0.25) is 0 Å². The van der Waals surface area contributed by atoms with Crippen LogP contribution in [0.3, 0.4) is 0 Å². The Labute approximate surface area is 102 Å². The maximum Gasteiger partial charge on any atom is 0.277 e. The van der Waals surface area contributed by atoms with Crippen molar-refractivity contribution in [2.45, 2.75) is 19.9 Å². The Hall–Kier alpha value is -0.700. The van der Waals surface area contributed by atoms with Crippen molar-refractivity contribution < 1.29 is 13.2 Å². The Kier molecular flexibility index (Phi) is 4.87. The molecule has 0 saturated carbocycles. The number of nitrogens with two attached hydrogens (primary N) is 1. The van der Waals surface area contributed by atoms with Gasteiger partial charge >= 0.3 is 0 Å². The normalized spacial score (nSPS) is 18.7. The van der Waals surface area contributed by atoms with E-state index in [9.17, 15) is 13.2 Å². The minimum atomic E-state index is -3.62. The van der Waals surface area contributed by atoms with Crippen LogP contribution >= 0.6 is 0 Å². The lowest BCUT2D eigenvalue weighted by Crippen LogP contribution is -2.53. The highest BCUT2D eigenvalue weighted by molar-refractivity contribution is 7.86. The second-order valence-electron chi connectivity index (χ2n) is 4.36. The van der Waals surface area contributed by atoms with Gasteiger partial charge in [-0.1, -0.05) is 13.8 Å². The Morgan fingerprint density at radius 2 is 1.82 bits per heavy atom. The quantitative estimate of drug-likeness (QED) is 0.635. The van der Waals surface area contributed by atoms with Gasteiger partial charge < -0.3 is 10.2 Å². The molecule has 1 aliphatic heterocycles. The Morgan fingerprint density at radius 1 is 1.29 bits per heavy atom. The number of carbonyl (C=O) groups is 1. The number of hydrogen-bond acceptors (Lipinski definition) is 4. The third kappa shape index (κ3) is 4.58. The van der Waals surface area contributed by atoms with Crippen LogP contribution in [-0.2, 0) is 15.0 Å². The third-order valence-electron chi connectivity index (χ3n) is 2.61. The van der Waals surface area contributed by atoms with E-state index >= 15 is 0 Å². The molecule has 3 N–H and O–H groups in total. The van der Waals surface area contributed by atoms with E-state index in [0.717, 1.165) is 0 Å². The van der Waals surface area contributed by atoms with E-state index in [1.807, 2.05) is 13.8 Å². The van der Waals surface area contributed by atoms with Gasteiger partial charge in [0.15, 0.2) is 0 Å². The molecule has 0 aromatic heterocycles. The predicted octanol–water partition coefficient (Wildman–Crippen LogP) is -1.67. The van der Waals surface area contributed by atoms with Gasteiger partial charge in [-0.3, -0.25) is 4.79 Å². The highest BCUT2D eigenvalue weighted by Gasteiger charge is 2.26. The molecule has 0 aromatic carbocycles. The Balaban J connectivity index is 2.39. The van der Waals surface area contributed by atoms with Crippen molar-refractivity contribution in [1.29, 1.82) is 0 Å². The van der Waals surface area contributed by atoms with Crippen molar-refractivity contribution in [3.63, 3.8) is 0 Å². The van der Waals surface area contributed by atoms with Crippen molar-refractivity contribution in [3.8, 4) is 0 Å². The topological polar surface area (TPSA) is 95.7 Å². The number of nitrogens with one attached hydrogen (secondary N) is 1. The van der Waals surface area contributed by atoms with Gasteiger partial charge in [-0.25, -0.2) is 5.14 Å². The molecular weight excluding hydrogens is 244 g/mol. The first kappa shape index (κ1) is 14.4. The molecule has 100 valence electrons. The number of amides is 1. The van der Waals surface area contributed by atoms with Gasteiger partial charge in [0.2, 0.25) is 5.91 Å². The Bertz CT molecular complexity index is 360. The van der Waals surface area contributed by atoms with Crippen molar-refractivity contribution in [2.75, 3.05) is 32.7 Å². The summed E-state index contributed by atoms with van der Waals surface area (Å²) in [6.45, 7) is 5.55. The second-order valence-corrected chi connectivity index (χ2v) is 5.91. The molecule has 0 spiro atoms. The van der Waals surface area contributed by atoms with Gasteiger partial charge in [-0.2, -0.15) is 12.7 Å². The summed E-state index contributed by atoms with van der Waals surface area (Å²) in [5.41, 5.74) is 0. The molecule has 1 saturated heterocycles. The van der Waals surface area contributed by atoms with Gasteiger partial charge in [0.1, 0.15) is 0 Å². The fourth-order valence-electron chi connectivity index (χ4n) is 1.60. The standard InChI is InChI=1S/C9H20N4O3S/c1-8(2)11-7-9(14)12-3-5-13(6-4-12)17(10,15)16/h8,11H,3-7H2,1-2H3,(H2,10,15,16). The molecule has 0 aromatic rings. The first-order valence-corrected chi connectivity index (χ1v) is 7.10. The zero-order valence-electron chi connectivity index (χ0n) is 10.2. The maximum absolute atomic E-state index is 11.7. The summed E-state index contributed by atoms with van der Waals surface area (Å²) in [7, 11) is -3.62. The molecule has 8 heteroatoms. The number of hydrogen-bond donors (Lipinski definition) is 2. The van der Waals surface area contributed by atoms with E-state index in [1.165, 1.54) is 4.31 Å². The van der Waals surface area contributed by atoms with Crippen molar-refractivity contribution in [2.24, 2.45) is 5.14 Å². The fourth-order valence-corrected chi connectivity index (χ4v) is 2.27. The van der Waals surface area contributed by atoms with Crippen LogP contribution in [-0.4, -0.2) is 62.3 Å². The van der Waals surface area contributed by atoms with Crippen LogP contribution < -0.4 is 10.5 Å². The van der Waals surface area contributed by atoms with Gasteiger partial charge in [0.05, 0.1) is 6.54 Å². The largest absolute Gasteiger partial charge is 0.339 e. The summed E-state index contributed by atoms with van der Waals surface area (Å²) in [5, 5.41) is 8.05. The maximum atomic E-state index is 11.7. The van der Waals surface area contributed by atoms with Crippen molar-refractivity contribution in [1.82, 2.24) is 14.5 Å². The third-order valence-corrected chi connectivity index (χ3v) is 3.70. The molecule has 1 heterocycles. The number of carbonyl (C=O) groups excluding carboxylic acids is 1. The molecule has 0 unspecified atom stereocenters. The smallest absolute Gasteiger partial charge is 0.277 e. The average Bonchev–Trinajstić information content (AvgIpc) is 2.25. The van der Waals surface area contributed by atoms with E-state index in [0.29, 0.717) is 13.1 Å².